The molecule has 6 heteroatoms. The first kappa shape index (κ1) is 17.5. The Hall–Kier alpha value is -1.95. The fraction of sp³-hybridized carbons (Fsp3) is 0.650. The molecular formula is C20H27N3O3. The van der Waals surface area contributed by atoms with E-state index in [0.29, 0.717) is 18.4 Å². The molecule has 3 fully saturated rings. The first-order valence-corrected chi connectivity index (χ1v) is 9.83. The number of carbonyl (C=O) groups is 1. The molecule has 2 aliphatic carbocycles. The maximum atomic E-state index is 12.7. The number of benzene rings is 1. The molecule has 2 saturated carbocycles. The van der Waals surface area contributed by atoms with Crippen LogP contribution < -0.4 is 0 Å². The summed E-state index contributed by atoms with van der Waals surface area (Å²) in [6.45, 7) is 3.93. The molecule has 0 aromatic heterocycles. The summed E-state index contributed by atoms with van der Waals surface area (Å²) >= 11 is 0. The van der Waals surface area contributed by atoms with Crippen LogP contribution >= 0.6 is 0 Å². The Morgan fingerprint density at radius 2 is 1.77 bits per heavy atom. The van der Waals surface area contributed by atoms with Gasteiger partial charge in [-0.1, -0.05) is 12.1 Å². The zero-order valence-corrected chi connectivity index (χ0v) is 15.2. The summed E-state index contributed by atoms with van der Waals surface area (Å²) in [7, 11) is 0. The zero-order chi connectivity index (χ0) is 18.1. The Balaban J connectivity index is 1.26. The lowest BCUT2D eigenvalue weighted by Crippen LogP contribution is -2.48. The van der Waals surface area contributed by atoms with Crippen LogP contribution in [0.5, 0.6) is 0 Å². The number of amides is 1. The highest BCUT2D eigenvalue weighted by molar-refractivity contribution is 5.76. The molecule has 1 heterocycles. The van der Waals surface area contributed by atoms with Crippen molar-refractivity contribution >= 4 is 11.6 Å². The fourth-order valence-corrected chi connectivity index (χ4v) is 4.28. The van der Waals surface area contributed by atoms with Crippen LogP contribution in [0.1, 0.15) is 37.7 Å². The van der Waals surface area contributed by atoms with Gasteiger partial charge in [0, 0.05) is 51.3 Å². The van der Waals surface area contributed by atoms with Gasteiger partial charge >= 0.3 is 0 Å². The number of hydrogen-bond acceptors (Lipinski definition) is 4. The number of rotatable bonds is 7. The monoisotopic (exact) mass is 357 g/mol. The maximum Gasteiger partial charge on any atom is 0.269 e. The first-order valence-electron chi connectivity index (χ1n) is 9.83. The van der Waals surface area contributed by atoms with Gasteiger partial charge in [0.1, 0.15) is 0 Å². The van der Waals surface area contributed by atoms with Gasteiger partial charge in [0.25, 0.3) is 5.69 Å². The molecule has 1 saturated heterocycles. The van der Waals surface area contributed by atoms with Gasteiger partial charge in [-0.2, -0.15) is 0 Å². The van der Waals surface area contributed by atoms with Crippen LogP contribution in [-0.2, 0) is 11.3 Å². The molecule has 140 valence electrons. The quantitative estimate of drug-likeness (QED) is 0.556. The van der Waals surface area contributed by atoms with Crippen molar-refractivity contribution in [3.05, 3.63) is 39.9 Å². The molecule has 0 N–H and O–H groups in total. The summed E-state index contributed by atoms with van der Waals surface area (Å²) in [5, 5.41) is 10.9. The number of nitro groups is 1. The molecule has 1 aromatic rings. The Morgan fingerprint density at radius 3 is 2.35 bits per heavy atom. The van der Waals surface area contributed by atoms with Crippen molar-refractivity contribution in [2.45, 2.75) is 38.6 Å². The lowest BCUT2D eigenvalue weighted by Gasteiger charge is -2.35. The smallest absolute Gasteiger partial charge is 0.269 e. The summed E-state index contributed by atoms with van der Waals surface area (Å²) in [5.41, 5.74) is 1.10. The number of non-ortho nitro benzene ring substituents is 1. The molecule has 1 amide bonds. The van der Waals surface area contributed by atoms with Gasteiger partial charge in [0.2, 0.25) is 5.91 Å². The second-order valence-electron chi connectivity index (χ2n) is 8.13. The van der Waals surface area contributed by atoms with Crippen molar-refractivity contribution in [3.63, 3.8) is 0 Å². The second kappa shape index (κ2) is 7.35. The molecule has 0 unspecified atom stereocenters. The van der Waals surface area contributed by atoms with Gasteiger partial charge < -0.3 is 4.90 Å². The summed E-state index contributed by atoms with van der Waals surface area (Å²) in [6, 6.07) is 6.84. The summed E-state index contributed by atoms with van der Waals surface area (Å²) in [6.07, 6.45) is 6.05. The number of piperazine rings is 1. The highest BCUT2D eigenvalue weighted by Crippen LogP contribution is 2.50. The van der Waals surface area contributed by atoms with Crippen LogP contribution in [0.2, 0.25) is 0 Å². The van der Waals surface area contributed by atoms with Crippen LogP contribution in [0.4, 0.5) is 5.69 Å². The Kier molecular flexibility index (Phi) is 4.94. The normalized spacial score (nSPS) is 21.2. The Labute approximate surface area is 154 Å². The van der Waals surface area contributed by atoms with E-state index in [-0.39, 0.29) is 10.6 Å². The third-order valence-corrected chi connectivity index (χ3v) is 6.12. The maximum absolute atomic E-state index is 12.7. The summed E-state index contributed by atoms with van der Waals surface area (Å²) < 4.78 is 0. The van der Waals surface area contributed by atoms with Crippen molar-refractivity contribution in [1.82, 2.24) is 9.80 Å². The zero-order valence-electron chi connectivity index (χ0n) is 15.2. The van der Waals surface area contributed by atoms with Gasteiger partial charge in [0.15, 0.2) is 0 Å². The molecule has 0 radical (unpaired) electrons. The van der Waals surface area contributed by atoms with E-state index in [4.69, 9.17) is 0 Å². The molecule has 0 atom stereocenters. The number of hydrogen-bond donors (Lipinski definition) is 0. The van der Waals surface area contributed by atoms with E-state index in [9.17, 15) is 14.9 Å². The molecule has 3 aliphatic rings. The predicted molar refractivity (Wildman–Crippen MR) is 98.5 cm³/mol. The van der Waals surface area contributed by atoms with Crippen LogP contribution in [0.15, 0.2) is 24.3 Å². The Morgan fingerprint density at radius 1 is 1.12 bits per heavy atom. The van der Waals surface area contributed by atoms with Crippen molar-refractivity contribution < 1.29 is 9.72 Å². The standard InChI is InChI=1S/C20H27N3O3/c24-20(13-19(16-4-5-16)17-6-7-17)22-10-8-21(9-11-22)14-15-2-1-3-18(12-15)23(25)26/h1-3,12,16-17,19H,4-11,13-14H2. The van der Waals surface area contributed by atoms with Crippen LogP contribution in [0.3, 0.4) is 0 Å². The average molecular weight is 357 g/mol. The molecule has 4 rings (SSSR count). The number of carbonyl (C=O) groups excluding carboxylic acids is 1. The largest absolute Gasteiger partial charge is 0.340 e. The van der Waals surface area contributed by atoms with Gasteiger partial charge in [-0.15, -0.1) is 0 Å². The molecule has 26 heavy (non-hydrogen) atoms. The molecule has 0 spiro atoms. The van der Waals surface area contributed by atoms with Gasteiger partial charge in [-0.25, -0.2) is 0 Å². The van der Waals surface area contributed by atoms with Crippen molar-refractivity contribution in [2.24, 2.45) is 17.8 Å². The van der Waals surface area contributed by atoms with E-state index < -0.39 is 0 Å². The van der Waals surface area contributed by atoms with Crippen LogP contribution in [-0.4, -0.2) is 46.8 Å². The minimum absolute atomic E-state index is 0.141. The number of nitrogens with zero attached hydrogens (tertiary/aromatic N) is 3. The third kappa shape index (κ3) is 4.23. The van der Waals surface area contributed by atoms with Crippen molar-refractivity contribution in [3.8, 4) is 0 Å². The van der Waals surface area contributed by atoms with Crippen LogP contribution in [0, 0.1) is 27.9 Å². The van der Waals surface area contributed by atoms with E-state index >= 15 is 0 Å². The minimum atomic E-state index is -0.351. The van der Waals surface area contributed by atoms with Crippen LogP contribution in [0.25, 0.3) is 0 Å². The van der Waals surface area contributed by atoms with E-state index in [1.54, 1.807) is 12.1 Å². The van der Waals surface area contributed by atoms with E-state index in [1.165, 1.54) is 31.7 Å². The van der Waals surface area contributed by atoms with Gasteiger partial charge in [-0.05, 0) is 49.0 Å². The topological polar surface area (TPSA) is 66.7 Å². The summed E-state index contributed by atoms with van der Waals surface area (Å²) in [5.74, 6) is 2.62. The lowest BCUT2D eigenvalue weighted by atomic mass is 9.93. The first-order chi connectivity index (χ1) is 12.6. The molecule has 0 bridgehead atoms. The minimum Gasteiger partial charge on any atom is -0.340 e. The molecule has 6 nitrogen and oxygen atoms in total. The van der Waals surface area contributed by atoms with Crippen molar-refractivity contribution in [1.29, 1.82) is 0 Å². The van der Waals surface area contributed by atoms with Gasteiger partial charge in [-0.3, -0.25) is 19.8 Å². The van der Waals surface area contributed by atoms with Crippen molar-refractivity contribution in [2.75, 3.05) is 26.2 Å². The lowest BCUT2D eigenvalue weighted by molar-refractivity contribution is -0.384. The predicted octanol–water partition coefficient (Wildman–Crippen LogP) is 3.07. The van der Waals surface area contributed by atoms with Gasteiger partial charge in [0.05, 0.1) is 4.92 Å². The van der Waals surface area contributed by atoms with E-state index in [0.717, 1.165) is 50.0 Å². The second-order valence-corrected chi connectivity index (χ2v) is 8.13. The summed E-state index contributed by atoms with van der Waals surface area (Å²) in [4.78, 5) is 27.6. The third-order valence-electron chi connectivity index (χ3n) is 6.12. The van der Waals surface area contributed by atoms with E-state index in [2.05, 4.69) is 4.90 Å². The highest BCUT2D eigenvalue weighted by atomic mass is 16.6. The highest BCUT2D eigenvalue weighted by Gasteiger charge is 2.42. The Bertz CT molecular complexity index is 665. The number of nitro benzene ring substituents is 1. The SMILES string of the molecule is O=C(CC(C1CC1)C1CC1)N1CCN(Cc2cccc([N+](=O)[O-])c2)CC1. The average Bonchev–Trinajstić information content (AvgIpc) is 3.54. The molecular weight excluding hydrogens is 330 g/mol. The van der Waals surface area contributed by atoms with E-state index in [1.807, 2.05) is 11.0 Å². The molecule has 1 aromatic carbocycles. The molecule has 1 aliphatic heterocycles. The fourth-order valence-electron chi connectivity index (χ4n) is 4.28.